The van der Waals surface area contributed by atoms with Crippen LogP contribution in [0.25, 0.3) is 0 Å². The average Bonchev–Trinajstić information content (AvgIpc) is 2.49. The molecular weight excluding hydrogens is 268 g/mol. The number of nitro groups is 1. The van der Waals surface area contributed by atoms with Crippen molar-refractivity contribution < 1.29 is 25.0 Å². The van der Waals surface area contributed by atoms with Gasteiger partial charge in [0.1, 0.15) is 0 Å². The zero-order valence-corrected chi connectivity index (χ0v) is 11.1. The van der Waals surface area contributed by atoms with Crippen LogP contribution in [0, 0.1) is 10.1 Å². The Kier molecular flexibility index (Phi) is 5.83. The molecular formula is C12H18N2O6. The van der Waals surface area contributed by atoms with E-state index >= 15 is 0 Å². The molecule has 0 aliphatic heterocycles. The van der Waals surface area contributed by atoms with Crippen molar-refractivity contribution in [1.82, 2.24) is 5.32 Å². The molecule has 0 amide bonds. The van der Waals surface area contributed by atoms with E-state index in [4.69, 9.17) is 20.1 Å². The van der Waals surface area contributed by atoms with Gasteiger partial charge in [0.15, 0.2) is 5.75 Å². The first-order chi connectivity index (χ1) is 9.51. The summed E-state index contributed by atoms with van der Waals surface area (Å²) >= 11 is 0. The van der Waals surface area contributed by atoms with E-state index in [1.54, 1.807) is 6.07 Å². The molecule has 0 spiro atoms. The first-order valence-corrected chi connectivity index (χ1v) is 5.91. The zero-order chi connectivity index (χ0) is 15.2. The number of benzene rings is 1. The van der Waals surface area contributed by atoms with Gasteiger partial charge in [-0.1, -0.05) is 6.07 Å². The normalized spacial score (nSPS) is 11.4. The first kappa shape index (κ1) is 16.3. The van der Waals surface area contributed by atoms with E-state index < -0.39 is 30.3 Å². The lowest BCUT2D eigenvalue weighted by Gasteiger charge is -2.28. The summed E-state index contributed by atoms with van der Waals surface area (Å²) in [6, 6.07) is 4.42. The van der Waals surface area contributed by atoms with Gasteiger partial charge >= 0.3 is 5.69 Å². The highest BCUT2D eigenvalue weighted by Gasteiger charge is 2.27. The van der Waals surface area contributed by atoms with Crippen LogP contribution in [0.4, 0.5) is 5.69 Å². The summed E-state index contributed by atoms with van der Waals surface area (Å²) < 4.78 is 4.89. The lowest BCUT2D eigenvalue weighted by atomic mass is 10.0. The number of methoxy groups -OCH3 is 1. The molecule has 0 heterocycles. The fourth-order valence-electron chi connectivity index (χ4n) is 1.60. The van der Waals surface area contributed by atoms with Crippen LogP contribution in [0.15, 0.2) is 18.2 Å². The van der Waals surface area contributed by atoms with Crippen molar-refractivity contribution in [3.63, 3.8) is 0 Å². The molecule has 1 rings (SSSR count). The molecule has 0 fully saturated rings. The Morgan fingerprint density at radius 1 is 1.30 bits per heavy atom. The summed E-state index contributed by atoms with van der Waals surface area (Å²) in [7, 11) is 1.34. The summed E-state index contributed by atoms with van der Waals surface area (Å²) in [5.74, 6) is 0.150. The van der Waals surface area contributed by atoms with Gasteiger partial charge in [-0.2, -0.15) is 0 Å². The molecule has 4 N–H and O–H groups in total. The predicted octanol–water partition coefficient (Wildman–Crippen LogP) is -0.591. The highest BCUT2D eigenvalue weighted by atomic mass is 16.6. The maximum atomic E-state index is 10.9. The van der Waals surface area contributed by atoms with Crippen LogP contribution >= 0.6 is 0 Å². The smallest absolute Gasteiger partial charge is 0.311 e. The fraction of sp³-hybridized carbons (Fsp3) is 0.500. The molecule has 0 saturated carbocycles. The highest BCUT2D eigenvalue weighted by molar-refractivity contribution is 5.48. The van der Waals surface area contributed by atoms with E-state index in [0.29, 0.717) is 5.56 Å². The topological polar surface area (TPSA) is 125 Å². The lowest BCUT2D eigenvalue weighted by Crippen LogP contribution is -2.54. The number of rotatable bonds is 8. The van der Waals surface area contributed by atoms with E-state index in [9.17, 15) is 10.1 Å². The third kappa shape index (κ3) is 3.64. The van der Waals surface area contributed by atoms with Crippen molar-refractivity contribution in [1.29, 1.82) is 0 Å². The first-order valence-electron chi connectivity index (χ1n) is 5.91. The minimum atomic E-state index is -1.23. The summed E-state index contributed by atoms with van der Waals surface area (Å²) in [5.41, 5.74) is -0.832. The summed E-state index contributed by atoms with van der Waals surface area (Å²) in [6.45, 7) is -1.23. The van der Waals surface area contributed by atoms with Crippen molar-refractivity contribution in [2.24, 2.45) is 0 Å². The third-order valence-corrected chi connectivity index (χ3v) is 3.02. The van der Waals surface area contributed by atoms with Gasteiger partial charge in [-0.25, -0.2) is 0 Å². The Balaban J connectivity index is 2.88. The summed E-state index contributed by atoms with van der Waals surface area (Å²) in [5, 5.41) is 41.2. The molecule has 20 heavy (non-hydrogen) atoms. The number of nitrogens with zero attached hydrogens (tertiary/aromatic N) is 1. The van der Waals surface area contributed by atoms with E-state index in [0.717, 1.165) is 0 Å². The van der Waals surface area contributed by atoms with E-state index in [1.165, 1.54) is 19.2 Å². The minimum absolute atomic E-state index is 0.145. The molecule has 0 unspecified atom stereocenters. The fourth-order valence-corrected chi connectivity index (χ4v) is 1.60. The standard InChI is InChI=1S/C12H18N2O6/c1-20-11-3-2-9(4-10(11)14(18)19)5-13-12(6-15,7-16)8-17/h2-4,13,15-17H,5-8H2,1H3. The number of nitro benzene ring substituents is 1. The van der Waals surface area contributed by atoms with Crippen molar-refractivity contribution >= 4 is 5.69 Å². The van der Waals surface area contributed by atoms with Crippen molar-refractivity contribution in [2.75, 3.05) is 26.9 Å². The van der Waals surface area contributed by atoms with Crippen molar-refractivity contribution in [3.05, 3.63) is 33.9 Å². The van der Waals surface area contributed by atoms with Crippen LogP contribution in [-0.4, -0.2) is 52.7 Å². The summed E-state index contributed by atoms with van der Waals surface area (Å²) in [4.78, 5) is 10.3. The van der Waals surface area contributed by atoms with Gasteiger partial charge in [0.05, 0.1) is 37.4 Å². The quantitative estimate of drug-likeness (QED) is 0.372. The SMILES string of the molecule is COc1ccc(CNC(CO)(CO)CO)cc1[N+](=O)[O-]. The van der Waals surface area contributed by atoms with Gasteiger partial charge in [0.2, 0.25) is 0 Å². The second-order valence-electron chi connectivity index (χ2n) is 4.37. The van der Waals surface area contributed by atoms with Gasteiger partial charge in [-0.05, 0) is 11.6 Å². The maximum Gasteiger partial charge on any atom is 0.311 e. The number of aliphatic hydroxyl groups is 3. The van der Waals surface area contributed by atoms with Gasteiger partial charge < -0.3 is 25.4 Å². The van der Waals surface area contributed by atoms with E-state index in [2.05, 4.69) is 5.32 Å². The van der Waals surface area contributed by atoms with Gasteiger partial charge in [-0.15, -0.1) is 0 Å². The molecule has 8 nitrogen and oxygen atoms in total. The second kappa shape index (κ2) is 7.15. The molecule has 0 aliphatic rings. The Morgan fingerprint density at radius 2 is 1.90 bits per heavy atom. The molecule has 1 aromatic rings. The van der Waals surface area contributed by atoms with Gasteiger partial charge in [0, 0.05) is 12.6 Å². The van der Waals surface area contributed by atoms with Crippen LogP contribution in [0.2, 0.25) is 0 Å². The molecule has 0 atom stereocenters. The Labute approximate surface area is 115 Å². The van der Waals surface area contributed by atoms with Crippen LogP contribution in [0.1, 0.15) is 5.56 Å². The lowest BCUT2D eigenvalue weighted by molar-refractivity contribution is -0.385. The van der Waals surface area contributed by atoms with Crippen LogP contribution in [-0.2, 0) is 6.54 Å². The number of hydrogen-bond donors (Lipinski definition) is 4. The van der Waals surface area contributed by atoms with E-state index in [-0.39, 0.29) is 18.0 Å². The van der Waals surface area contributed by atoms with Crippen molar-refractivity contribution in [2.45, 2.75) is 12.1 Å². The molecule has 0 bridgehead atoms. The second-order valence-corrected chi connectivity index (χ2v) is 4.37. The molecule has 0 aromatic heterocycles. The Hall–Kier alpha value is -1.74. The monoisotopic (exact) mass is 286 g/mol. The molecule has 1 aromatic carbocycles. The number of aliphatic hydroxyl groups excluding tert-OH is 3. The summed E-state index contributed by atoms with van der Waals surface area (Å²) in [6.07, 6.45) is 0. The largest absolute Gasteiger partial charge is 0.490 e. The molecule has 0 aliphatic carbocycles. The Morgan fingerprint density at radius 3 is 2.35 bits per heavy atom. The minimum Gasteiger partial charge on any atom is -0.490 e. The van der Waals surface area contributed by atoms with Crippen LogP contribution in [0.3, 0.4) is 0 Å². The predicted molar refractivity (Wildman–Crippen MR) is 70.5 cm³/mol. The maximum absolute atomic E-state index is 10.9. The van der Waals surface area contributed by atoms with Gasteiger partial charge in [-0.3, -0.25) is 10.1 Å². The molecule has 0 saturated heterocycles. The average molecular weight is 286 g/mol. The number of nitrogens with one attached hydrogen (secondary N) is 1. The van der Waals surface area contributed by atoms with Crippen molar-refractivity contribution in [3.8, 4) is 5.75 Å². The molecule has 8 heteroatoms. The van der Waals surface area contributed by atoms with E-state index in [1.807, 2.05) is 0 Å². The van der Waals surface area contributed by atoms with Gasteiger partial charge in [0.25, 0.3) is 0 Å². The third-order valence-electron chi connectivity index (χ3n) is 3.02. The zero-order valence-electron chi connectivity index (χ0n) is 11.1. The molecule has 0 radical (unpaired) electrons. The molecule has 112 valence electrons. The van der Waals surface area contributed by atoms with Crippen LogP contribution in [0.5, 0.6) is 5.75 Å². The number of hydrogen-bond acceptors (Lipinski definition) is 7. The number of ether oxygens (including phenoxy) is 1. The highest BCUT2D eigenvalue weighted by Crippen LogP contribution is 2.27. The van der Waals surface area contributed by atoms with Crippen LogP contribution < -0.4 is 10.1 Å². The Bertz CT molecular complexity index is 453.